The van der Waals surface area contributed by atoms with Crippen LogP contribution < -0.4 is 0 Å². The lowest BCUT2D eigenvalue weighted by Gasteiger charge is -2.09. The molecule has 0 bridgehead atoms. The lowest BCUT2D eigenvalue weighted by molar-refractivity contribution is 0.0475. The SMILES string of the molecule is Cc1cc(C(=O)OCc2ccccc2Cl)c2ccccc2n1. The Hall–Kier alpha value is -2.39. The molecule has 3 rings (SSSR count). The molecule has 0 radical (unpaired) electrons. The van der Waals surface area contributed by atoms with Crippen molar-refractivity contribution in [3.05, 3.63) is 76.4 Å². The summed E-state index contributed by atoms with van der Waals surface area (Å²) in [6.45, 7) is 2.01. The van der Waals surface area contributed by atoms with Crippen LogP contribution in [0.4, 0.5) is 0 Å². The molecule has 0 unspecified atom stereocenters. The first kappa shape index (κ1) is 14.5. The highest BCUT2D eigenvalue weighted by Crippen LogP contribution is 2.21. The number of nitrogens with zero attached hydrogens (tertiary/aromatic N) is 1. The number of hydrogen-bond donors (Lipinski definition) is 0. The average Bonchev–Trinajstić information content (AvgIpc) is 2.53. The molecule has 0 saturated carbocycles. The molecule has 2 aromatic carbocycles. The van der Waals surface area contributed by atoms with Crippen molar-refractivity contribution in [3.8, 4) is 0 Å². The summed E-state index contributed by atoms with van der Waals surface area (Å²) in [6.07, 6.45) is 0. The molecule has 0 aliphatic heterocycles. The number of benzene rings is 2. The van der Waals surface area contributed by atoms with Gasteiger partial charge in [-0.05, 0) is 25.1 Å². The first-order valence-corrected chi connectivity index (χ1v) is 7.30. The van der Waals surface area contributed by atoms with Crippen LogP contribution in [-0.2, 0) is 11.3 Å². The average molecular weight is 312 g/mol. The van der Waals surface area contributed by atoms with Gasteiger partial charge >= 0.3 is 5.97 Å². The summed E-state index contributed by atoms with van der Waals surface area (Å²) in [7, 11) is 0. The van der Waals surface area contributed by atoms with Gasteiger partial charge in [0.25, 0.3) is 0 Å². The predicted molar refractivity (Wildman–Crippen MR) is 87.1 cm³/mol. The summed E-state index contributed by atoms with van der Waals surface area (Å²) in [5.74, 6) is -0.374. The number of pyridine rings is 1. The van der Waals surface area contributed by atoms with Gasteiger partial charge in [0.2, 0.25) is 0 Å². The lowest BCUT2D eigenvalue weighted by Crippen LogP contribution is -2.07. The number of rotatable bonds is 3. The van der Waals surface area contributed by atoms with E-state index < -0.39 is 0 Å². The third kappa shape index (κ3) is 2.95. The Morgan fingerprint density at radius 3 is 2.68 bits per heavy atom. The molecule has 1 heterocycles. The summed E-state index contributed by atoms with van der Waals surface area (Å²) in [5.41, 5.74) is 2.87. The smallest absolute Gasteiger partial charge is 0.339 e. The molecule has 0 amide bonds. The van der Waals surface area contributed by atoms with E-state index in [1.165, 1.54) is 0 Å². The third-order valence-corrected chi connectivity index (χ3v) is 3.75. The van der Waals surface area contributed by atoms with Crippen LogP contribution in [0, 0.1) is 6.92 Å². The Kier molecular flexibility index (Phi) is 4.07. The van der Waals surface area contributed by atoms with Crippen molar-refractivity contribution < 1.29 is 9.53 Å². The zero-order valence-corrected chi connectivity index (χ0v) is 12.8. The molecule has 110 valence electrons. The second-order valence-electron chi connectivity index (χ2n) is 5.00. The van der Waals surface area contributed by atoms with Crippen LogP contribution in [-0.4, -0.2) is 11.0 Å². The Balaban J connectivity index is 1.88. The van der Waals surface area contributed by atoms with Crippen LogP contribution in [0.5, 0.6) is 0 Å². The quantitative estimate of drug-likeness (QED) is 0.666. The number of esters is 1. The normalized spacial score (nSPS) is 10.6. The van der Waals surface area contributed by atoms with Crippen molar-refractivity contribution in [2.24, 2.45) is 0 Å². The number of fused-ring (bicyclic) bond motifs is 1. The number of carbonyl (C=O) groups excluding carboxylic acids is 1. The van der Waals surface area contributed by atoms with Gasteiger partial charge in [-0.25, -0.2) is 4.79 Å². The highest BCUT2D eigenvalue weighted by molar-refractivity contribution is 6.31. The van der Waals surface area contributed by atoms with Gasteiger partial charge in [-0.2, -0.15) is 0 Å². The van der Waals surface area contributed by atoms with E-state index in [-0.39, 0.29) is 12.6 Å². The fraction of sp³-hybridized carbons (Fsp3) is 0.111. The van der Waals surface area contributed by atoms with E-state index in [0.29, 0.717) is 10.6 Å². The second kappa shape index (κ2) is 6.16. The van der Waals surface area contributed by atoms with Gasteiger partial charge in [-0.1, -0.05) is 48.0 Å². The molecular weight excluding hydrogens is 298 g/mol. The van der Waals surface area contributed by atoms with Crippen LogP contribution in [0.25, 0.3) is 10.9 Å². The van der Waals surface area contributed by atoms with E-state index in [1.807, 2.05) is 49.4 Å². The molecule has 0 atom stereocenters. The molecule has 0 aliphatic rings. The van der Waals surface area contributed by atoms with E-state index in [4.69, 9.17) is 16.3 Å². The second-order valence-corrected chi connectivity index (χ2v) is 5.40. The molecular formula is C18H14ClNO2. The van der Waals surface area contributed by atoms with Gasteiger partial charge in [-0.3, -0.25) is 4.98 Å². The fourth-order valence-electron chi connectivity index (χ4n) is 2.31. The van der Waals surface area contributed by atoms with E-state index in [2.05, 4.69) is 4.98 Å². The van der Waals surface area contributed by atoms with Gasteiger partial charge < -0.3 is 4.74 Å². The molecule has 0 saturated heterocycles. The van der Waals surface area contributed by atoms with Crippen molar-refractivity contribution >= 4 is 28.5 Å². The first-order valence-electron chi connectivity index (χ1n) is 6.92. The zero-order valence-electron chi connectivity index (χ0n) is 12.0. The maximum Gasteiger partial charge on any atom is 0.339 e. The standard InChI is InChI=1S/C18H14ClNO2/c1-12-10-15(14-7-3-5-9-17(14)20-12)18(21)22-11-13-6-2-4-8-16(13)19/h2-10H,11H2,1H3. The number of aryl methyl sites for hydroxylation is 1. The van der Waals surface area contributed by atoms with Crippen LogP contribution in [0.3, 0.4) is 0 Å². The molecule has 3 nitrogen and oxygen atoms in total. The maximum absolute atomic E-state index is 12.4. The number of ether oxygens (including phenoxy) is 1. The number of carbonyl (C=O) groups is 1. The highest BCUT2D eigenvalue weighted by atomic mass is 35.5. The summed E-state index contributed by atoms with van der Waals surface area (Å²) >= 11 is 6.07. The number of para-hydroxylation sites is 1. The summed E-state index contributed by atoms with van der Waals surface area (Å²) < 4.78 is 5.41. The topological polar surface area (TPSA) is 39.2 Å². The molecule has 0 fully saturated rings. The minimum atomic E-state index is -0.374. The summed E-state index contributed by atoms with van der Waals surface area (Å²) in [4.78, 5) is 16.8. The van der Waals surface area contributed by atoms with Gasteiger partial charge in [-0.15, -0.1) is 0 Å². The number of halogens is 1. The van der Waals surface area contributed by atoms with E-state index >= 15 is 0 Å². The van der Waals surface area contributed by atoms with Gasteiger partial charge in [0, 0.05) is 21.7 Å². The van der Waals surface area contributed by atoms with E-state index in [1.54, 1.807) is 12.1 Å². The van der Waals surface area contributed by atoms with Gasteiger partial charge in [0.05, 0.1) is 11.1 Å². The van der Waals surface area contributed by atoms with Crippen molar-refractivity contribution in [1.82, 2.24) is 4.98 Å². The molecule has 0 aliphatic carbocycles. The predicted octanol–water partition coefficient (Wildman–Crippen LogP) is 4.55. The van der Waals surface area contributed by atoms with Crippen molar-refractivity contribution in [2.45, 2.75) is 13.5 Å². The minimum Gasteiger partial charge on any atom is -0.457 e. The highest BCUT2D eigenvalue weighted by Gasteiger charge is 2.13. The van der Waals surface area contributed by atoms with Crippen LogP contribution in [0.1, 0.15) is 21.6 Å². The van der Waals surface area contributed by atoms with Crippen molar-refractivity contribution in [3.63, 3.8) is 0 Å². The number of aromatic nitrogens is 1. The Morgan fingerprint density at radius 1 is 1.14 bits per heavy atom. The fourth-order valence-corrected chi connectivity index (χ4v) is 2.50. The molecule has 1 aromatic heterocycles. The minimum absolute atomic E-state index is 0.147. The van der Waals surface area contributed by atoms with E-state index in [9.17, 15) is 4.79 Å². The Bertz CT molecular complexity index is 845. The first-order chi connectivity index (χ1) is 10.6. The molecule has 22 heavy (non-hydrogen) atoms. The summed E-state index contributed by atoms with van der Waals surface area (Å²) in [6, 6.07) is 16.6. The molecule has 3 aromatic rings. The monoisotopic (exact) mass is 311 g/mol. The number of hydrogen-bond acceptors (Lipinski definition) is 3. The van der Waals surface area contributed by atoms with Crippen molar-refractivity contribution in [1.29, 1.82) is 0 Å². The largest absolute Gasteiger partial charge is 0.457 e. The van der Waals surface area contributed by atoms with Crippen LogP contribution >= 0.6 is 11.6 Å². The molecule has 0 N–H and O–H groups in total. The Morgan fingerprint density at radius 2 is 1.86 bits per heavy atom. The summed E-state index contributed by atoms with van der Waals surface area (Å²) in [5, 5.41) is 1.38. The van der Waals surface area contributed by atoms with Gasteiger partial charge in [0.1, 0.15) is 6.61 Å². The lowest BCUT2D eigenvalue weighted by atomic mass is 10.1. The van der Waals surface area contributed by atoms with Gasteiger partial charge in [0.15, 0.2) is 0 Å². The maximum atomic E-state index is 12.4. The van der Waals surface area contributed by atoms with Crippen LogP contribution in [0.15, 0.2) is 54.6 Å². The van der Waals surface area contributed by atoms with Crippen molar-refractivity contribution in [2.75, 3.05) is 0 Å². The molecule has 0 spiro atoms. The van der Waals surface area contributed by atoms with Crippen LogP contribution in [0.2, 0.25) is 5.02 Å². The molecule has 4 heteroatoms. The van der Waals surface area contributed by atoms with E-state index in [0.717, 1.165) is 22.2 Å². The zero-order chi connectivity index (χ0) is 15.5. The Labute approximate surface area is 133 Å². The third-order valence-electron chi connectivity index (χ3n) is 3.38.